The topological polar surface area (TPSA) is 70.6 Å². The number of nitrogens with zero attached hydrogens (tertiary/aromatic N) is 1. The summed E-state index contributed by atoms with van der Waals surface area (Å²) >= 11 is 1.75. The summed E-state index contributed by atoms with van der Waals surface area (Å²) in [5, 5.41) is 6.27. The highest BCUT2D eigenvalue weighted by atomic mass is 127. The number of guanidine groups is 1. The molecule has 2 N–H and O–H groups in total. The van der Waals surface area contributed by atoms with Gasteiger partial charge in [0.25, 0.3) is 0 Å². The second-order valence-corrected chi connectivity index (χ2v) is 8.28. The number of hydrogen-bond acceptors (Lipinski definition) is 4. The van der Waals surface area contributed by atoms with Crippen molar-refractivity contribution in [3.8, 4) is 0 Å². The minimum atomic E-state index is -3.10. The second kappa shape index (κ2) is 10.1. The van der Waals surface area contributed by atoms with Crippen LogP contribution in [-0.4, -0.2) is 57.0 Å². The van der Waals surface area contributed by atoms with Crippen LogP contribution in [0.5, 0.6) is 0 Å². The first-order chi connectivity index (χ1) is 8.24. The Balaban J connectivity index is 0. The number of halogens is 1. The SMILES string of the molecule is CCNC(=NCC(C)(C)S(C)(=O)=O)NCCSC.I. The summed E-state index contributed by atoms with van der Waals surface area (Å²) in [6.45, 7) is 7.18. The fourth-order valence-corrected chi connectivity index (χ4v) is 1.61. The van der Waals surface area contributed by atoms with Crippen LogP contribution in [0, 0.1) is 0 Å². The number of hydrogen-bond donors (Lipinski definition) is 2. The lowest BCUT2D eigenvalue weighted by atomic mass is 10.2. The Kier molecular flexibility index (Phi) is 11.5. The highest BCUT2D eigenvalue weighted by molar-refractivity contribution is 14.0. The molecule has 0 saturated carbocycles. The molecular weight excluding hydrogens is 397 g/mol. The third-order valence-corrected chi connectivity index (χ3v) is 5.31. The zero-order chi connectivity index (χ0) is 14.2. The Morgan fingerprint density at radius 2 is 1.89 bits per heavy atom. The minimum absolute atomic E-state index is 0. The van der Waals surface area contributed by atoms with Crippen LogP contribution in [0.4, 0.5) is 0 Å². The molecule has 0 spiro atoms. The van der Waals surface area contributed by atoms with E-state index in [1.54, 1.807) is 25.6 Å². The summed E-state index contributed by atoms with van der Waals surface area (Å²) in [4.78, 5) is 4.33. The molecule has 5 nitrogen and oxygen atoms in total. The zero-order valence-corrected chi connectivity index (χ0v) is 16.3. The fraction of sp³-hybridized carbons (Fsp3) is 0.909. The van der Waals surface area contributed by atoms with Crippen molar-refractivity contribution in [3.05, 3.63) is 0 Å². The monoisotopic (exact) mass is 423 g/mol. The third kappa shape index (κ3) is 8.96. The van der Waals surface area contributed by atoms with Crippen molar-refractivity contribution in [3.63, 3.8) is 0 Å². The van der Waals surface area contributed by atoms with Crippen LogP contribution in [0.25, 0.3) is 0 Å². The summed E-state index contributed by atoms with van der Waals surface area (Å²) in [6, 6.07) is 0. The molecule has 0 saturated heterocycles. The molecule has 0 aromatic carbocycles. The highest BCUT2D eigenvalue weighted by Crippen LogP contribution is 2.14. The van der Waals surface area contributed by atoms with Gasteiger partial charge in [0.2, 0.25) is 0 Å². The molecule has 0 unspecified atom stereocenters. The van der Waals surface area contributed by atoms with Crippen molar-refractivity contribution in [2.45, 2.75) is 25.5 Å². The lowest BCUT2D eigenvalue weighted by molar-refractivity contribution is 0.554. The maximum Gasteiger partial charge on any atom is 0.191 e. The van der Waals surface area contributed by atoms with Gasteiger partial charge >= 0.3 is 0 Å². The van der Waals surface area contributed by atoms with Crippen LogP contribution < -0.4 is 10.6 Å². The molecule has 0 heterocycles. The molecule has 0 aliphatic carbocycles. The Morgan fingerprint density at radius 3 is 2.32 bits per heavy atom. The Morgan fingerprint density at radius 1 is 1.32 bits per heavy atom. The smallest absolute Gasteiger partial charge is 0.191 e. The van der Waals surface area contributed by atoms with Gasteiger partial charge in [0.05, 0.1) is 11.3 Å². The van der Waals surface area contributed by atoms with Crippen molar-refractivity contribution >= 4 is 51.5 Å². The zero-order valence-electron chi connectivity index (χ0n) is 12.3. The molecule has 0 rings (SSSR count). The first-order valence-electron chi connectivity index (χ1n) is 5.95. The molecule has 0 amide bonds. The standard InChI is InChI=1S/C11H25N3O2S2.HI/c1-6-12-10(13-7-8-17-4)14-9-11(2,3)18(5,15)16;/h6-9H2,1-5H3,(H2,12,13,14);1H. The Labute approximate surface area is 138 Å². The van der Waals surface area contributed by atoms with Gasteiger partial charge in [-0.05, 0) is 27.0 Å². The number of aliphatic imine (C=N–C) groups is 1. The number of nitrogens with one attached hydrogen (secondary N) is 2. The molecule has 0 radical (unpaired) electrons. The average molecular weight is 423 g/mol. The summed E-state index contributed by atoms with van der Waals surface area (Å²) in [5.41, 5.74) is 0. The molecule has 0 aromatic heterocycles. The van der Waals surface area contributed by atoms with Crippen molar-refractivity contribution in [1.29, 1.82) is 0 Å². The second-order valence-electron chi connectivity index (χ2n) is 4.65. The molecule has 0 aliphatic heterocycles. The number of thioether (sulfide) groups is 1. The maximum atomic E-state index is 11.6. The lowest BCUT2D eigenvalue weighted by Gasteiger charge is -2.21. The van der Waals surface area contributed by atoms with Gasteiger partial charge in [0.1, 0.15) is 0 Å². The highest BCUT2D eigenvalue weighted by Gasteiger charge is 2.29. The number of sulfone groups is 1. The molecule has 0 aliphatic rings. The van der Waals surface area contributed by atoms with Crippen molar-refractivity contribution in [2.75, 3.05) is 37.9 Å². The van der Waals surface area contributed by atoms with Gasteiger partial charge in [-0.15, -0.1) is 24.0 Å². The van der Waals surface area contributed by atoms with Crippen LogP contribution >= 0.6 is 35.7 Å². The molecule has 0 fully saturated rings. The van der Waals surface area contributed by atoms with E-state index in [4.69, 9.17) is 0 Å². The van der Waals surface area contributed by atoms with Gasteiger partial charge in [-0.3, -0.25) is 4.99 Å². The minimum Gasteiger partial charge on any atom is -0.357 e. The van der Waals surface area contributed by atoms with Gasteiger partial charge < -0.3 is 10.6 Å². The average Bonchev–Trinajstić information content (AvgIpc) is 2.24. The van der Waals surface area contributed by atoms with E-state index in [0.29, 0.717) is 5.96 Å². The van der Waals surface area contributed by atoms with E-state index >= 15 is 0 Å². The molecule has 8 heteroatoms. The van der Waals surface area contributed by atoms with E-state index in [2.05, 4.69) is 15.6 Å². The first kappa shape index (κ1) is 21.6. The Bertz CT molecular complexity index is 370. The van der Waals surface area contributed by atoms with E-state index in [0.717, 1.165) is 18.8 Å². The molecule has 19 heavy (non-hydrogen) atoms. The predicted molar refractivity (Wildman–Crippen MR) is 96.7 cm³/mol. The van der Waals surface area contributed by atoms with Crippen LogP contribution in [0.1, 0.15) is 20.8 Å². The van der Waals surface area contributed by atoms with Gasteiger partial charge in [-0.1, -0.05) is 0 Å². The summed E-state index contributed by atoms with van der Waals surface area (Å²) in [5.74, 6) is 1.66. The normalized spacial score (nSPS) is 12.8. The molecule has 0 bridgehead atoms. The van der Waals surface area contributed by atoms with Crippen molar-refractivity contribution < 1.29 is 8.42 Å². The first-order valence-corrected chi connectivity index (χ1v) is 9.24. The van der Waals surface area contributed by atoms with Crippen molar-refractivity contribution in [2.24, 2.45) is 4.99 Å². The molecule has 0 atom stereocenters. The van der Waals surface area contributed by atoms with Gasteiger partial charge in [0, 0.05) is 25.1 Å². The van der Waals surface area contributed by atoms with Gasteiger partial charge in [0.15, 0.2) is 15.8 Å². The van der Waals surface area contributed by atoms with E-state index in [9.17, 15) is 8.42 Å². The van der Waals surface area contributed by atoms with E-state index < -0.39 is 14.6 Å². The summed E-state index contributed by atoms with van der Waals surface area (Å²) in [7, 11) is -3.10. The van der Waals surface area contributed by atoms with Crippen LogP contribution in [0.3, 0.4) is 0 Å². The molecule has 0 aromatic rings. The predicted octanol–water partition coefficient (Wildman–Crippen LogP) is 1.35. The summed E-state index contributed by atoms with van der Waals surface area (Å²) in [6.07, 6.45) is 3.29. The quantitative estimate of drug-likeness (QED) is 0.280. The van der Waals surface area contributed by atoms with Gasteiger partial charge in [-0.2, -0.15) is 11.8 Å². The summed E-state index contributed by atoms with van der Waals surface area (Å²) < 4.78 is 22.3. The lowest BCUT2D eigenvalue weighted by Crippen LogP contribution is -2.41. The largest absolute Gasteiger partial charge is 0.357 e. The molecular formula is C11H26IN3O2S2. The third-order valence-electron chi connectivity index (χ3n) is 2.56. The number of rotatable bonds is 7. The van der Waals surface area contributed by atoms with E-state index in [1.165, 1.54) is 6.26 Å². The van der Waals surface area contributed by atoms with Crippen LogP contribution in [0.2, 0.25) is 0 Å². The van der Waals surface area contributed by atoms with E-state index in [-0.39, 0.29) is 30.5 Å². The van der Waals surface area contributed by atoms with E-state index in [1.807, 2.05) is 13.2 Å². The fourth-order valence-electron chi connectivity index (χ4n) is 1.000. The van der Waals surface area contributed by atoms with Crippen LogP contribution in [0.15, 0.2) is 4.99 Å². The Hall–Kier alpha value is 0.300. The maximum absolute atomic E-state index is 11.6. The van der Waals surface area contributed by atoms with Crippen molar-refractivity contribution in [1.82, 2.24) is 10.6 Å². The molecule has 116 valence electrons. The van der Waals surface area contributed by atoms with Gasteiger partial charge in [-0.25, -0.2) is 8.42 Å². The van der Waals surface area contributed by atoms with Crippen LogP contribution in [-0.2, 0) is 9.84 Å².